The standard InChI is InChI=1S/C15H20N2/c1-13(2)11-16-12-15-9-6-10-17(15)14-7-4-3-5-8-14/h3-10,13,16H,11-12H2,1-2H3. The molecule has 0 unspecified atom stereocenters. The Kier molecular flexibility index (Phi) is 3.99. The van der Waals surface area contributed by atoms with Crippen LogP contribution in [0.2, 0.25) is 0 Å². The first kappa shape index (κ1) is 11.9. The second-order valence-electron chi connectivity index (χ2n) is 4.73. The van der Waals surface area contributed by atoms with Crippen molar-refractivity contribution in [2.45, 2.75) is 20.4 Å². The summed E-state index contributed by atoms with van der Waals surface area (Å²) in [5.41, 5.74) is 2.52. The maximum absolute atomic E-state index is 3.48. The van der Waals surface area contributed by atoms with Crippen LogP contribution < -0.4 is 5.32 Å². The quantitative estimate of drug-likeness (QED) is 0.831. The van der Waals surface area contributed by atoms with Gasteiger partial charge >= 0.3 is 0 Å². The molecule has 0 amide bonds. The molecule has 0 bridgehead atoms. The summed E-state index contributed by atoms with van der Waals surface area (Å²) >= 11 is 0. The van der Waals surface area contributed by atoms with E-state index in [1.165, 1.54) is 11.4 Å². The van der Waals surface area contributed by atoms with Gasteiger partial charge in [-0.25, -0.2) is 0 Å². The third-order valence-electron chi connectivity index (χ3n) is 2.73. The molecule has 0 aliphatic heterocycles. The van der Waals surface area contributed by atoms with E-state index >= 15 is 0 Å². The Morgan fingerprint density at radius 1 is 1.06 bits per heavy atom. The summed E-state index contributed by atoms with van der Waals surface area (Å²) in [7, 11) is 0. The molecule has 1 aromatic carbocycles. The van der Waals surface area contributed by atoms with Crippen LogP contribution in [0.1, 0.15) is 19.5 Å². The molecule has 2 aromatic rings. The number of rotatable bonds is 5. The lowest BCUT2D eigenvalue weighted by Gasteiger charge is -2.11. The average molecular weight is 228 g/mol. The van der Waals surface area contributed by atoms with Gasteiger partial charge in [-0.3, -0.25) is 0 Å². The number of nitrogens with one attached hydrogen (secondary N) is 1. The number of benzene rings is 1. The SMILES string of the molecule is CC(C)CNCc1cccn1-c1ccccc1. The molecule has 2 rings (SSSR count). The molecule has 2 nitrogen and oxygen atoms in total. The van der Waals surface area contributed by atoms with Gasteiger partial charge in [-0.05, 0) is 36.7 Å². The van der Waals surface area contributed by atoms with Crippen LogP contribution in [0.3, 0.4) is 0 Å². The molecule has 0 spiro atoms. The van der Waals surface area contributed by atoms with Gasteiger partial charge in [0.25, 0.3) is 0 Å². The highest BCUT2D eigenvalue weighted by molar-refractivity contribution is 5.34. The number of aromatic nitrogens is 1. The van der Waals surface area contributed by atoms with Crippen molar-refractivity contribution >= 4 is 0 Å². The third kappa shape index (κ3) is 3.21. The molecule has 0 fully saturated rings. The van der Waals surface area contributed by atoms with Gasteiger partial charge in [0.05, 0.1) is 0 Å². The minimum atomic E-state index is 0.690. The highest BCUT2D eigenvalue weighted by Gasteiger charge is 2.02. The van der Waals surface area contributed by atoms with Gasteiger partial charge in [-0.2, -0.15) is 0 Å². The zero-order valence-corrected chi connectivity index (χ0v) is 10.6. The summed E-state index contributed by atoms with van der Waals surface area (Å²) in [6.45, 7) is 6.42. The normalized spacial score (nSPS) is 11.0. The summed E-state index contributed by atoms with van der Waals surface area (Å²) in [4.78, 5) is 0. The first-order chi connectivity index (χ1) is 8.27. The van der Waals surface area contributed by atoms with Crippen molar-refractivity contribution < 1.29 is 0 Å². The Morgan fingerprint density at radius 3 is 2.53 bits per heavy atom. The third-order valence-corrected chi connectivity index (χ3v) is 2.73. The van der Waals surface area contributed by atoms with E-state index in [-0.39, 0.29) is 0 Å². The predicted molar refractivity (Wildman–Crippen MR) is 72.3 cm³/mol. The van der Waals surface area contributed by atoms with Crippen LogP contribution in [0.25, 0.3) is 5.69 Å². The molecule has 1 heterocycles. The van der Waals surface area contributed by atoms with Gasteiger partial charge in [0.1, 0.15) is 0 Å². The van der Waals surface area contributed by atoms with Gasteiger partial charge in [0.2, 0.25) is 0 Å². The Hall–Kier alpha value is -1.54. The smallest absolute Gasteiger partial charge is 0.0452 e. The molecule has 0 atom stereocenters. The fourth-order valence-electron chi connectivity index (χ4n) is 1.89. The molecule has 1 N–H and O–H groups in total. The van der Waals surface area contributed by atoms with E-state index in [4.69, 9.17) is 0 Å². The van der Waals surface area contributed by atoms with Crippen LogP contribution in [0, 0.1) is 5.92 Å². The highest BCUT2D eigenvalue weighted by atomic mass is 15.0. The Bertz CT molecular complexity index is 443. The van der Waals surface area contributed by atoms with E-state index in [0.29, 0.717) is 5.92 Å². The zero-order chi connectivity index (χ0) is 12.1. The molecule has 0 saturated carbocycles. The molecule has 1 aromatic heterocycles. The molecule has 2 heteroatoms. The lowest BCUT2D eigenvalue weighted by atomic mass is 10.2. The van der Waals surface area contributed by atoms with Crippen molar-refractivity contribution in [3.05, 3.63) is 54.4 Å². The Morgan fingerprint density at radius 2 is 1.82 bits per heavy atom. The van der Waals surface area contributed by atoms with Crippen LogP contribution in [-0.2, 0) is 6.54 Å². The zero-order valence-electron chi connectivity index (χ0n) is 10.6. The summed E-state index contributed by atoms with van der Waals surface area (Å²) in [5.74, 6) is 0.690. The van der Waals surface area contributed by atoms with Crippen LogP contribution in [0.5, 0.6) is 0 Å². The summed E-state index contributed by atoms with van der Waals surface area (Å²) in [6.07, 6.45) is 2.11. The molecule has 17 heavy (non-hydrogen) atoms. The molecule has 0 aliphatic carbocycles. The monoisotopic (exact) mass is 228 g/mol. The summed E-state index contributed by atoms with van der Waals surface area (Å²) < 4.78 is 2.23. The Labute approximate surface area is 103 Å². The second-order valence-corrected chi connectivity index (χ2v) is 4.73. The van der Waals surface area contributed by atoms with E-state index in [1.807, 2.05) is 6.07 Å². The minimum Gasteiger partial charge on any atom is -0.320 e. The van der Waals surface area contributed by atoms with Crippen LogP contribution >= 0.6 is 0 Å². The fraction of sp³-hybridized carbons (Fsp3) is 0.333. The molecule has 0 aliphatic rings. The first-order valence-electron chi connectivity index (χ1n) is 6.20. The van der Waals surface area contributed by atoms with Gasteiger partial charge in [0.15, 0.2) is 0 Å². The fourth-order valence-corrected chi connectivity index (χ4v) is 1.89. The van der Waals surface area contributed by atoms with Crippen LogP contribution in [-0.4, -0.2) is 11.1 Å². The Balaban J connectivity index is 2.07. The van der Waals surface area contributed by atoms with E-state index in [0.717, 1.165) is 13.1 Å². The number of hydrogen-bond donors (Lipinski definition) is 1. The van der Waals surface area contributed by atoms with Crippen molar-refractivity contribution in [1.82, 2.24) is 9.88 Å². The van der Waals surface area contributed by atoms with E-state index in [2.05, 4.69) is 66.3 Å². The van der Waals surface area contributed by atoms with E-state index in [9.17, 15) is 0 Å². The van der Waals surface area contributed by atoms with Gasteiger partial charge in [0, 0.05) is 24.1 Å². The van der Waals surface area contributed by atoms with Crippen molar-refractivity contribution in [3.63, 3.8) is 0 Å². The maximum atomic E-state index is 3.48. The van der Waals surface area contributed by atoms with Gasteiger partial charge in [-0.1, -0.05) is 32.0 Å². The molecule has 0 radical (unpaired) electrons. The predicted octanol–water partition coefficient (Wildman–Crippen LogP) is 3.22. The average Bonchev–Trinajstić information content (AvgIpc) is 2.78. The number of para-hydroxylation sites is 1. The lowest BCUT2D eigenvalue weighted by Crippen LogP contribution is -2.20. The molecular weight excluding hydrogens is 208 g/mol. The van der Waals surface area contributed by atoms with E-state index < -0.39 is 0 Å². The van der Waals surface area contributed by atoms with Gasteiger partial charge in [-0.15, -0.1) is 0 Å². The van der Waals surface area contributed by atoms with Crippen molar-refractivity contribution in [1.29, 1.82) is 0 Å². The van der Waals surface area contributed by atoms with Crippen molar-refractivity contribution in [3.8, 4) is 5.69 Å². The topological polar surface area (TPSA) is 17.0 Å². The van der Waals surface area contributed by atoms with Crippen LogP contribution in [0.4, 0.5) is 0 Å². The van der Waals surface area contributed by atoms with E-state index in [1.54, 1.807) is 0 Å². The van der Waals surface area contributed by atoms with Gasteiger partial charge < -0.3 is 9.88 Å². The summed E-state index contributed by atoms with van der Waals surface area (Å²) in [5, 5.41) is 3.48. The summed E-state index contributed by atoms with van der Waals surface area (Å²) in [6, 6.07) is 14.7. The van der Waals surface area contributed by atoms with Crippen molar-refractivity contribution in [2.24, 2.45) is 5.92 Å². The molecular formula is C15H20N2. The lowest BCUT2D eigenvalue weighted by molar-refractivity contribution is 0.545. The molecule has 90 valence electrons. The maximum Gasteiger partial charge on any atom is 0.0452 e. The van der Waals surface area contributed by atoms with Crippen molar-refractivity contribution in [2.75, 3.05) is 6.54 Å². The molecule has 0 saturated heterocycles. The first-order valence-corrected chi connectivity index (χ1v) is 6.20. The van der Waals surface area contributed by atoms with Crippen LogP contribution in [0.15, 0.2) is 48.7 Å². The minimum absolute atomic E-state index is 0.690. The largest absolute Gasteiger partial charge is 0.320 e. The number of hydrogen-bond acceptors (Lipinski definition) is 1. The number of nitrogens with zero attached hydrogens (tertiary/aromatic N) is 1. The second kappa shape index (κ2) is 5.69. The highest BCUT2D eigenvalue weighted by Crippen LogP contribution is 2.12.